The summed E-state index contributed by atoms with van der Waals surface area (Å²) in [5.41, 5.74) is 8.88. The molecule has 2 nitrogen and oxygen atoms in total. The molecule has 2 heteroatoms. The first-order valence-electron chi connectivity index (χ1n) is 7.73. The lowest BCUT2D eigenvalue weighted by atomic mass is 9.72. The van der Waals surface area contributed by atoms with E-state index < -0.39 is 0 Å². The maximum Gasteiger partial charge on any atom is 0.0702 e. The summed E-state index contributed by atoms with van der Waals surface area (Å²) in [6, 6.07) is 10.7. The van der Waals surface area contributed by atoms with Gasteiger partial charge in [-0.2, -0.15) is 0 Å². The van der Waals surface area contributed by atoms with Gasteiger partial charge in [0.25, 0.3) is 0 Å². The van der Waals surface area contributed by atoms with Crippen LogP contribution in [0.2, 0.25) is 0 Å². The van der Waals surface area contributed by atoms with Crippen LogP contribution in [0.5, 0.6) is 0 Å². The number of fused-ring (bicyclic) bond motifs is 1. The van der Waals surface area contributed by atoms with Crippen molar-refractivity contribution in [1.29, 1.82) is 0 Å². The van der Waals surface area contributed by atoms with E-state index in [4.69, 9.17) is 5.73 Å². The molecule has 1 saturated carbocycles. The van der Waals surface area contributed by atoms with Crippen LogP contribution in [0.1, 0.15) is 44.7 Å². The largest absolute Gasteiger partial charge is 0.324 e. The van der Waals surface area contributed by atoms with Crippen molar-refractivity contribution in [3.05, 3.63) is 42.1 Å². The smallest absolute Gasteiger partial charge is 0.0702 e. The number of aromatic nitrogens is 1. The third-order valence-electron chi connectivity index (χ3n) is 4.73. The lowest BCUT2D eigenvalue weighted by molar-refractivity contribution is 0.193. The summed E-state index contributed by atoms with van der Waals surface area (Å²) in [6.45, 7) is 4.72. The Hall–Kier alpha value is -1.41. The van der Waals surface area contributed by atoms with Crippen molar-refractivity contribution in [2.24, 2.45) is 23.5 Å². The zero-order valence-corrected chi connectivity index (χ0v) is 12.4. The van der Waals surface area contributed by atoms with Crippen molar-refractivity contribution in [2.45, 2.75) is 39.2 Å². The highest BCUT2D eigenvalue weighted by Gasteiger charge is 2.28. The number of benzene rings is 1. The molecule has 1 aliphatic carbocycles. The highest BCUT2D eigenvalue weighted by atomic mass is 14.7. The van der Waals surface area contributed by atoms with Crippen LogP contribution in [0.3, 0.4) is 0 Å². The third-order valence-corrected chi connectivity index (χ3v) is 4.73. The van der Waals surface area contributed by atoms with E-state index in [9.17, 15) is 0 Å². The van der Waals surface area contributed by atoms with E-state index in [0.717, 1.165) is 17.4 Å². The van der Waals surface area contributed by atoms with Gasteiger partial charge in [-0.15, -0.1) is 0 Å². The Morgan fingerprint density at radius 3 is 2.60 bits per heavy atom. The van der Waals surface area contributed by atoms with E-state index in [0.29, 0.717) is 5.92 Å². The van der Waals surface area contributed by atoms with E-state index in [1.54, 1.807) is 0 Å². The van der Waals surface area contributed by atoms with Gasteiger partial charge in [0.05, 0.1) is 5.52 Å². The minimum absolute atomic E-state index is 0.157. The van der Waals surface area contributed by atoms with E-state index >= 15 is 0 Å². The second-order valence-corrected chi connectivity index (χ2v) is 6.66. The number of nitrogens with zero attached hydrogens (tertiary/aromatic N) is 1. The Morgan fingerprint density at radius 1 is 1.10 bits per heavy atom. The van der Waals surface area contributed by atoms with Gasteiger partial charge in [0, 0.05) is 17.6 Å². The average Bonchev–Trinajstić information content (AvgIpc) is 2.45. The molecule has 3 atom stereocenters. The number of rotatable bonds is 2. The molecule has 0 spiro atoms. The van der Waals surface area contributed by atoms with Gasteiger partial charge in [-0.05, 0) is 60.8 Å². The Balaban J connectivity index is 1.86. The molecule has 1 aromatic carbocycles. The van der Waals surface area contributed by atoms with Crippen LogP contribution in [-0.4, -0.2) is 4.98 Å². The molecule has 2 N–H and O–H groups in total. The van der Waals surface area contributed by atoms with Crippen molar-refractivity contribution < 1.29 is 0 Å². The Kier molecular flexibility index (Phi) is 3.75. The fourth-order valence-corrected chi connectivity index (χ4v) is 3.88. The number of hydrogen-bond acceptors (Lipinski definition) is 2. The molecule has 1 heterocycles. The summed E-state index contributed by atoms with van der Waals surface area (Å²) < 4.78 is 0. The van der Waals surface area contributed by atoms with Crippen LogP contribution in [-0.2, 0) is 0 Å². The predicted molar refractivity (Wildman–Crippen MR) is 84.3 cm³/mol. The van der Waals surface area contributed by atoms with Crippen LogP contribution in [0.25, 0.3) is 10.9 Å². The average molecular weight is 268 g/mol. The van der Waals surface area contributed by atoms with Gasteiger partial charge in [-0.1, -0.05) is 26.0 Å². The van der Waals surface area contributed by atoms with Gasteiger partial charge >= 0.3 is 0 Å². The molecule has 0 radical (unpaired) electrons. The topological polar surface area (TPSA) is 38.9 Å². The zero-order valence-electron chi connectivity index (χ0n) is 12.4. The molecule has 3 unspecified atom stereocenters. The van der Waals surface area contributed by atoms with E-state index in [1.807, 2.05) is 12.3 Å². The molecule has 0 bridgehead atoms. The van der Waals surface area contributed by atoms with Gasteiger partial charge in [-0.3, -0.25) is 4.98 Å². The summed E-state index contributed by atoms with van der Waals surface area (Å²) in [6.07, 6.45) is 5.71. The zero-order chi connectivity index (χ0) is 14.1. The predicted octanol–water partition coefficient (Wildman–Crippen LogP) is 4.31. The molecule has 1 aliphatic rings. The van der Waals surface area contributed by atoms with Crippen LogP contribution in [0.4, 0.5) is 0 Å². The summed E-state index contributed by atoms with van der Waals surface area (Å²) in [5, 5.41) is 1.19. The monoisotopic (exact) mass is 268 g/mol. The second kappa shape index (κ2) is 5.53. The molecular formula is C18H24N2. The Morgan fingerprint density at radius 2 is 1.85 bits per heavy atom. The van der Waals surface area contributed by atoms with Crippen molar-refractivity contribution in [2.75, 3.05) is 0 Å². The quantitative estimate of drug-likeness (QED) is 0.881. The van der Waals surface area contributed by atoms with Gasteiger partial charge in [0.2, 0.25) is 0 Å². The van der Waals surface area contributed by atoms with Crippen LogP contribution >= 0.6 is 0 Å². The summed E-state index contributed by atoms with van der Waals surface area (Å²) in [4.78, 5) is 4.38. The van der Waals surface area contributed by atoms with Crippen molar-refractivity contribution in [1.82, 2.24) is 4.98 Å². The first-order valence-corrected chi connectivity index (χ1v) is 7.73. The normalized spacial score (nSPS) is 28.4. The van der Waals surface area contributed by atoms with Gasteiger partial charge < -0.3 is 5.73 Å². The van der Waals surface area contributed by atoms with Crippen LogP contribution in [0, 0.1) is 17.8 Å². The maximum absolute atomic E-state index is 6.56. The second-order valence-electron chi connectivity index (χ2n) is 6.66. The molecule has 0 aliphatic heterocycles. The first-order chi connectivity index (χ1) is 9.63. The van der Waals surface area contributed by atoms with E-state index in [-0.39, 0.29) is 6.04 Å². The SMILES string of the molecule is CC1CC(C)CC(C(N)c2ccc3ncccc3c2)C1. The molecule has 1 fully saturated rings. The van der Waals surface area contributed by atoms with Gasteiger partial charge in [0.1, 0.15) is 0 Å². The Labute approximate surface area is 121 Å². The summed E-state index contributed by atoms with van der Waals surface area (Å²) in [7, 11) is 0. The molecular weight excluding hydrogens is 244 g/mol. The van der Waals surface area contributed by atoms with Crippen molar-refractivity contribution in [3.8, 4) is 0 Å². The molecule has 2 aromatic rings. The van der Waals surface area contributed by atoms with Crippen molar-refractivity contribution >= 4 is 10.9 Å². The van der Waals surface area contributed by atoms with Gasteiger partial charge in [-0.25, -0.2) is 0 Å². The molecule has 0 saturated heterocycles. The lowest BCUT2D eigenvalue weighted by Gasteiger charge is -2.35. The maximum atomic E-state index is 6.56. The Bertz CT molecular complexity index is 583. The van der Waals surface area contributed by atoms with E-state index in [2.05, 4.69) is 43.1 Å². The molecule has 1 aromatic heterocycles. The molecule has 106 valence electrons. The van der Waals surface area contributed by atoms with Crippen LogP contribution in [0.15, 0.2) is 36.5 Å². The number of hydrogen-bond donors (Lipinski definition) is 1. The highest BCUT2D eigenvalue weighted by Crippen LogP contribution is 2.39. The number of nitrogens with two attached hydrogens (primary N) is 1. The van der Waals surface area contributed by atoms with Crippen LogP contribution < -0.4 is 5.73 Å². The third kappa shape index (κ3) is 2.71. The molecule has 0 amide bonds. The summed E-state index contributed by atoms with van der Waals surface area (Å²) >= 11 is 0. The minimum atomic E-state index is 0.157. The summed E-state index contributed by atoms with van der Waals surface area (Å²) in [5.74, 6) is 2.22. The van der Waals surface area contributed by atoms with Gasteiger partial charge in [0.15, 0.2) is 0 Å². The highest BCUT2D eigenvalue weighted by molar-refractivity contribution is 5.79. The molecule has 20 heavy (non-hydrogen) atoms. The van der Waals surface area contributed by atoms with E-state index in [1.165, 1.54) is 30.2 Å². The standard InChI is InChI=1S/C18H24N2/c1-12-8-13(2)10-16(9-12)18(19)15-5-6-17-14(11-15)4-3-7-20-17/h3-7,11-13,16,18H,8-10,19H2,1-2H3. The first kappa shape index (κ1) is 13.6. The fourth-order valence-electron chi connectivity index (χ4n) is 3.88. The minimum Gasteiger partial charge on any atom is -0.324 e. The number of pyridine rings is 1. The molecule has 3 rings (SSSR count). The fraction of sp³-hybridized carbons (Fsp3) is 0.500. The lowest BCUT2D eigenvalue weighted by Crippen LogP contribution is -2.29. The van der Waals surface area contributed by atoms with Crippen molar-refractivity contribution in [3.63, 3.8) is 0 Å².